The van der Waals surface area contributed by atoms with Crippen LogP contribution in [-0.4, -0.2) is 36.5 Å². The second-order valence-corrected chi connectivity index (χ2v) is 11.8. The zero-order valence-corrected chi connectivity index (χ0v) is 20.8. The van der Waals surface area contributed by atoms with Crippen molar-refractivity contribution in [1.29, 1.82) is 0 Å². The Morgan fingerprint density at radius 1 is 1.09 bits per heavy atom. The second kappa shape index (κ2) is 8.81. The summed E-state index contributed by atoms with van der Waals surface area (Å²) in [6, 6.07) is 13.4. The molecule has 1 amide bonds. The van der Waals surface area contributed by atoms with Gasteiger partial charge >= 0.3 is 0 Å². The molecule has 7 nitrogen and oxygen atoms in total. The van der Waals surface area contributed by atoms with E-state index in [4.69, 9.17) is 0 Å². The summed E-state index contributed by atoms with van der Waals surface area (Å²) in [5.74, 6) is -1.67. The monoisotopic (exact) mass is 496 g/mol. The van der Waals surface area contributed by atoms with E-state index in [2.05, 4.69) is 18.8 Å². The van der Waals surface area contributed by atoms with Crippen LogP contribution in [-0.2, 0) is 14.6 Å². The van der Waals surface area contributed by atoms with E-state index in [1.165, 1.54) is 11.1 Å². The summed E-state index contributed by atoms with van der Waals surface area (Å²) in [7, 11) is -3.54. The van der Waals surface area contributed by atoms with Crippen molar-refractivity contribution in [3.63, 3.8) is 0 Å². The number of ketones is 1. The van der Waals surface area contributed by atoms with Gasteiger partial charge in [0.15, 0.2) is 26.5 Å². The van der Waals surface area contributed by atoms with Gasteiger partial charge in [-0.25, -0.2) is 13.4 Å². The lowest BCUT2D eigenvalue weighted by Crippen LogP contribution is -2.31. The lowest BCUT2D eigenvalue weighted by Gasteiger charge is -2.25. The average molecular weight is 497 g/mol. The lowest BCUT2D eigenvalue weighted by molar-refractivity contribution is -0.117. The molecule has 0 spiro atoms. The van der Waals surface area contributed by atoms with E-state index in [9.17, 15) is 23.1 Å². The molecule has 1 aliphatic heterocycles. The molecule has 9 heteroatoms. The number of aryl methyl sites for hydroxylation is 1. The standard InChI is InChI=1S/C25H24N2O5S2/c1-14(2)16-9-11-17(12-10-16)21-20(22(28)18-7-5-15(3)6-8-18)23(29)24(30)27(21)25-26-13-19(33-25)34(4,31)32/h5-14,21,29H,1-4H3. The number of anilines is 1. The second-order valence-electron chi connectivity index (χ2n) is 8.59. The van der Waals surface area contributed by atoms with Crippen LogP contribution in [0, 0.1) is 6.92 Å². The van der Waals surface area contributed by atoms with Crippen molar-refractivity contribution >= 4 is 38.0 Å². The topological polar surface area (TPSA) is 105 Å². The Kier molecular flexibility index (Phi) is 6.18. The maximum Gasteiger partial charge on any atom is 0.296 e. The zero-order chi connectivity index (χ0) is 24.8. The number of amides is 1. The van der Waals surface area contributed by atoms with E-state index in [-0.39, 0.29) is 20.8 Å². The van der Waals surface area contributed by atoms with Gasteiger partial charge in [0.2, 0.25) is 0 Å². The molecule has 1 aromatic heterocycles. The zero-order valence-electron chi connectivity index (χ0n) is 19.1. The van der Waals surface area contributed by atoms with E-state index < -0.39 is 33.3 Å². The molecule has 1 aliphatic rings. The summed E-state index contributed by atoms with van der Waals surface area (Å²) < 4.78 is 24.0. The quantitative estimate of drug-likeness (QED) is 0.493. The molecule has 3 aromatic rings. The van der Waals surface area contributed by atoms with Gasteiger partial charge in [-0.2, -0.15) is 0 Å². The van der Waals surface area contributed by atoms with Crippen LogP contribution < -0.4 is 4.90 Å². The van der Waals surface area contributed by atoms with Gasteiger partial charge in [0.1, 0.15) is 4.21 Å². The molecule has 1 N–H and O–H groups in total. The van der Waals surface area contributed by atoms with Crippen LogP contribution in [0.3, 0.4) is 0 Å². The predicted molar refractivity (Wildman–Crippen MR) is 131 cm³/mol. The highest BCUT2D eigenvalue weighted by atomic mass is 32.2. The molecule has 0 radical (unpaired) electrons. The Morgan fingerprint density at radius 3 is 2.24 bits per heavy atom. The molecule has 176 valence electrons. The molecule has 0 aliphatic carbocycles. The summed E-state index contributed by atoms with van der Waals surface area (Å²) in [6.07, 6.45) is 2.23. The Bertz CT molecular complexity index is 1400. The average Bonchev–Trinajstić information content (AvgIpc) is 3.37. The molecule has 0 fully saturated rings. The number of rotatable bonds is 6. The van der Waals surface area contributed by atoms with Crippen LogP contribution in [0.5, 0.6) is 0 Å². The van der Waals surface area contributed by atoms with E-state index >= 15 is 0 Å². The van der Waals surface area contributed by atoms with Crippen LogP contribution in [0.2, 0.25) is 0 Å². The maximum atomic E-state index is 13.5. The van der Waals surface area contributed by atoms with E-state index in [0.717, 1.165) is 28.7 Å². The first-order valence-corrected chi connectivity index (χ1v) is 13.3. The van der Waals surface area contributed by atoms with E-state index in [0.29, 0.717) is 11.1 Å². The first-order valence-electron chi connectivity index (χ1n) is 10.6. The molecule has 1 atom stereocenters. The number of benzene rings is 2. The van der Waals surface area contributed by atoms with Gasteiger partial charge in [-0.05, 0) is 24.0 Å². The minimum absolute atomic E-state index is 0.0120. The van der Waals surface area contributed by atoms with E-state index in [1.54, 1.807) is 24.3 Å². The Labute approximate surface area is 202 Å². The van der Waals surface area contributed by atoms with E-state index in [1.807, 2.05) is 31.2 Å². The fourth-order valence-corrected chi connectivity index (χ4v) is 5.56. The third-order valence-corrected chi connectivity index (χ3v) is 8.52. The van der Waals surface area contributed by atoms with Crippen molar-refractivity contribution < 1.29 is 23.1 Å². The van der Waals surface area contributed by atoms with Gasteiger partial charge in [-0.15, -0.1) is 0 Å². The Hall–Kier alpha value is -3.30. The summed E-state index contributed by atoms with van der Waals surface area (Å²) in [5.41, 5.74) is 2.92. The van der Waals surface area contributed by atoms with Gasteiger partial charge in [-0.1, -0.05) is 79.3 Å². The van der Waals surface area contributed by atoms with Crippen molar-refractivity contribution in [2.75, 3.05) is 11.2 Å². The lowest BCUT2D eigenvalue weighted by atomic mass is 9.91. The van der Waals surface area contributed by atoms with Gasteiger partial charge in [-0.3, -0.25) is 14.5 Å². The number of aliphatic hydroxyl groups is 1. The number of hydrogen-bond donors (Lipinski definition) is 1. The van der Waals surface area contributed by atoms with Crippen molar-refractivity contribution in [1.82, 2.24) is 4.98 Å². The molecule has 4 rings (SSSR count). The minimum Gasteiger partial charge on any atom is -0.503 e. The van der Waals surface area contributed by atoms with Gasteiger partial charge in [0.25, 0.3) is 5.91 Å². The van der Waals surface area contributed by atoms with Crippen molar-refractivity contribution in [2.24, 2.45) is 0 Å². The first-order chi connectivity index (χ1) is 16.0. The molecule has 0 saturated carbocycles. The molecule has 1 unspecified atom stereocenters. The minimum atomic E-state index is -3.54. The van der Waals surface area contributed by atoms with Crippen molar-refractivity contribution in [3.8, 4) is 0 Å². The number of aromatic nitrogens is 1. The van der Waals surface area contributed by atoms with Gasteiger partial charge < -0.3 is 5.11 Å². The number of hydrogen-bond acceptors (Lipinski definition) is 7. The smallest absolute Gasteiger partial charge is 0.296 e. The van der Waals surface area contributed by atoms with Crippen LogP contribution in [0.1, 0.15) is 52.9 Å². The maximum absolute atomic E-state index is 13.5. The first kappa shape index (κ1) is 23.8. The summed E-state index contributed by atoms with van der Waals surface area (Å²) >= 11 is 0.818. The SMILES string of the molecule is Cc1ccc(C(=O)C2=C(O)C(=O)N(c3ncc(S(C)(=O)=O)s3)C2c2ccc(C(C)C)cc2)cc1. The molecule has 34 heavy (non-hydrogen) atoms. The Morgan fingerprint density at radius 2 is 1.71 bits per heavy atom. The number of carbonyl (C=O) groups is 2. The predicted octanol–water partition coefficient (Wildman–Crippen LogP) is 4.76. The number of aliphatic hydroxyl groups excluding tert-OH is 1. The molecule has 0 saturated heterocycles. The van der Waals surface area contributed by atoms with Gasteiger partial charge in [0, 0.05) is 11.8 Å². The number of thiazole rings is 1. The van der Waals surface area contributed by atoms with Crippen molar-refractivity contribution in [2.45, 2.75) is 36.9 Å². The molecule has 2 aromatic carbocycles. The van der Waals surface area contributed by atoms with Crippen LogP contribution >= 0.6 is 11.3 Å². The normalized spacial score (nSPS) is 16.6. The van der Waals surface area contributed by atoms with Crippen LogP contribution in [0.4, 0.5) is 5.13 Å². The highest BCUT2D eigenvalue weighted by Gasteiger charge is 2.46. The molecular formula is C25H24N2O5S2. The summed E-state index contributed by atoms with van der Waals surface area (Å²) in [4.78, 5) is 32.1. The van der Waals surface area contributed by atoms with Crippen LogP contribution in [0.15, 0.2) is 70.3 Å². The highest BCUT2D eigenvalue weighted by molar-refractivity contribution is 7.92. The number of nitrogens with zero attached hydrogens (tertiary/aromatic N) is 2. The largest absolute Gasteiger partial charge is 0.503 e. The number of carbonyl (C=O) groups excluding carboxylic acids is 2. The number of sulfone groups is 1. The highest BCUT2D eigenvalue weighted by Crippen LogP contribution is 2.43. The van der Waals surface area contributed by atoms with Crippen molar-refractivity contribution in [3.05, 3.63) is 88.3 Å². The fourth-order valence-electron chi connectivity index (χ4n) is 3.81. The van der Waals surface area contributed by atoms with Gasteiger partial charge in [0.05, 0.1) is 17.8 Å². The number of Topliss-reactive ketones (excluding diaryl/α,β-unsaturated/α-hetero) is 1. The third-order valence-electron chi connectivity index (χ3n) is 5.73. The Balaban J connectivity index is 1.86. The summed E-state index contributed by atoms with van der Waals surface area (Å²) in [5, 5.41) is 10.9. The molecule has 0 bridgehead atoms. The molecule has 2 heterocycles. The fraction of sp³-hybridized carbons (Fsp3) is 0.240. The van der Waals surface area contributed by atoms with Crippen LogP contribution in [0.25, 0.3) is 0 Å². The summed E-state index contributed by atoms with van der Waals surface area (Å²) in [6.45, 7) is 6.01. The molecular weight excluding hydrogens is 472 g/mol. The third kappa shape index (κ3) is 4.28.